The van der Waals surface area contributed by atoms with Crippen LogP contribution in [0.2, 0.25) is 0 Å². The highest BCUT2D eigenvalue weighted by Crippen LogP contribution is 2.14. The second-order valence-electron chi connectivity index (χ2n) is 9.64. The first kappa shape index (κ1) is 30.0. The molecule has 0 radical (unpaired) electrons. The van der Waals surface area contributed by atoms with Gasteiger partial charge in [0.2, 0.25) is 17.7 Å². The summed E-state index contributed by atoms with van der Waals surface area (Å²) in [5.41, 5.74) is 6.16. The molecule has 0 aromatic heterocycles. The summed E-state index contributed by atoms with van der Waals surface area (Å²) >= 11 is 0. The van der Waals surface area contributed by atoms with Crippen molar-refractivity contribution in [3.05, 3.63) is 29.8 Å². The number of carbonyl (C=O) groups is 4. The number of nitrogens with two attached hydrogens (primary N) is 1. The average molecular weight is 520 g/mol. The maximum atomic E-state index is 13.4. The first-order chi connectivity index (χ1) is 17.7. The number of hydrogen-bond acceptors (Lipinski definition) is 7. The Hall–Kier alpha value is -3.18. The van der Waals surface area contributed by atoms with E-state index >= 15 is 0 Å². The van der Waals surface area contributed by atoms with Crippen LogP contribution < -0.4 is 27.0 Å². The molecule has 1 aliphatic heterocycles. The summed E-state index contributed by atoms with van der Waals surface area (Å²) in [6.07, 6.45) is 3.61. The number of phenols is 1. The third kappa shape index (κ3) is 9.66. The summed E-state index contributed by atoms with van der Waals surface area (Å²) in [5.74, 6) is -2.74. The lowest BCUT2D eigenvalue weighted by Gasteiger charge is -2.28. The fourth-order valence-electron chi connectivity index (χ4n) is 4.23. The molecule has 1 aromatic rings. The maximum absolute atomic E-state index is 13.4. The number of benzene rings is 1. The van der Waals surface area contributed by atoms with Crippen molar-refractivity contribution < 1.29 is 29.4 Å². The first-order valence-corrected chi connectivity index (χ1v) is 13.0. The standard InChI is InChI=1S/C26H41N5O6/c1-3-16(2)22(31-23(33)19-8-6-14-28-19)25(35)30-21(15-17-9-11-18(32)12-10-17)24(34)29-20(26(36)37)7-4-5-13-27/h9-12,16,19-22,28,32H,3-8,13-15,27H2,1-2H3,(H,29,34)(H,30,35)(H,31,33)(H,36,37)/t16-,19-,20-,21-,22-/m0/s1. The topological polar surface area (TPSA) is 183 Å². The van der Waals surface area contributed by atoms with E-state index in [4.69, 9.17) is 5.73 Å². The van der Waals surface area contributed by atoms with Crippen molar-refractivity contribution in [1.82, 2.24) is 21.3 Å². The molecule has 11 nitrogen and oxygen atoms in total. The first-order valence-electron chi connectivity index (χ1n) is 13.0. The highest BCUT2D eigenvalue weighted by molar-refractivity contribution is 5.94. The van der Waals surface area contributed by atoms with E-state index < -0.39 is 35.9 Å². The van der Waals surface area contributed by atoms with Crippen molar-refractivity contribution in [2.45, 2.75) is 83.0 Å². The van der Waals surface area contributed by atoms with Crippen LogP contribution in [0.4, 0.5) is 0 Å². The molecule has 8 N–H and O–H groups in total. The summed E-state index contributed by atoms with van der Waals surface area (Å²) in [5, 5.41) is 30.4. The minimum atomic E-state index is -1.17. The third-order valence-corrected chi connectivity index (χ3v) is 6.74. The number of rotatable bonds is 15. The van der Waals surface area contributed by atoms with E-state index in [1.807, 2.05) is 13.8 Å². The van der Waals surface area contributed by atoms with Crippen LogP contribution in [0, 0.1) is 5.92 Å². The fourth-order valence-corrected chi connectivity index (χ4v) is 4.23. The van der Waals surface area contributed by atoms with Crippen molar-refractivity contribution in [3.63, 3.8) is 0 Å². The van der Waals surface area contributed by atoms with Gasteiger partial charge in [-0.2, -0.15) is 0 Å². The molecule has 2 rings (SSSR count). The number of aliphatic carboxylic acids is 1. The number of hydrogen-bond donors (Lipinski definition) is 7. The minimum absolute atomic E-state index is 0.0553. The van der Waals surface area contributed by atoms with Gasteiger partial charge in [-0.1, -0.05) is 32.4 Å². The molecule has 1 saturated heterocycles. The predicted octanol–water partition coefficient (Wildman–Crippen LogP) is 0.401. The van der Waals surface area contributed by atoms with Gasteiger partial charge >= 0.3 is 5.97 Å². The molecule has 37 heavy (non-hydrogen) atoms. The molecule has 1 aliphatic rings. The average Bonchev–Trinajstić information content (AvgIpc) is 3.42. The van der Waals surface area contributed by atoms with Crippen molar-refractivity contribution >= 4 is 23.7 Å². The zero-order valence-electron chi connectivity index (χ0n) is 21.7. The smallest absolute Gasteiger partial charge is 0.326 e. The Morgan fingerprint density at radius 3 is 2.30 bits per heavy atom. The van der Waals surface area contributed by atoms with Gasteiger partial charge in [-0.3, -0.25) is 14.4 Å². The minimum Gasteiger partial charge on any atom is -0.508 e. The molecular weight excluding hydrogens is 478 g/mol. The van der Waals surface area contributed by atoms with Crippen molar-refractivity contribution in [2.24, 2.45) is 11.7 Å². The van der Waals surface area contributed by atoms with Crippen LogP contribution in [0.25, 0.3) is 0 Å². The number of amides is 3. The molecule has 3 amide bonds. The zero-order chi connectivity index (χ0) is 27.4. The maximum Gasteiger partial charge on any atom is 0.326 e. The quantitative estimate of drug-likeness (QED) is 0.162. The van der Waals surface area contributed by atoms with E-state index in [0.29, 0.717) is 37.8 Å². The molecule has 0 aliphatic carbocycles. The molecule has 5 atom stereocenters. The lowest BCUT2D eigenvalue weighted by molar-refractivity contribution is -0.142. The Morgan fingerprint density at radius 1 is 1.05 bits per heavy atom. The number of unbranched alkanes of at least 4 members (excludes halogenated alkanes) is 1. The zero-order valence-corrected chi connectivity index (χ0v) is 21.7. The number of aromatic hydroxyl groups is 1. The lowest BCUT2D eigenvalue weighted by Crippen LogP contribution is -2.59. The van der Waals surface area contributed by atoms with Crippen molar-refractivity contribution in [3.8, 4) is 5.75 Å². The van der Waals surface area contributed by atoms with E-state index in [9.17, 15) is 29.4 Å². The summed E-state index contributed by atoms with van der Waals surface area (Å²) in [4.78, 5) is 51.1. The van der Waals surface area contributed by atoms with E-state index in [2.05, 4.69) is 21.3 Å². The molecule has 0 saturated carbocycles. The molecule has 1 fully saturated rings. The van der Waals surface area contributed by atoms with Crippen LogP contribution in [0.5, 0.6) is 5.75 Å². The molecule has 11 heteroatoms. The van der Waals surface area contributed by atoms with E-state index in [0.717, 1.165) is 13.0 Å². The van der Waals surface area contributed by atoms with Crippen LogP contribution in [-0.4, -0.2) is 71.2 Å². The summed E-state index contributed by atoms with van der Waals surface area (Å²) < 4.78 is 0. The monoisotopic (exact) mass is 519 g/mol. The second kappa shape index (κ2) is 15.2. The van der Waals surface area contributed by atoms with E-state index in [1.165, 1.54) is 12.1 Å². The number of phenolic OH excluding ortho intramolecular Hbond substituents is 1. The molecule has 0 unspecified atom stereocenters. The summed E-state index contributed by atoms with van der Waals surface area (Å²) in [7, 11) is 0. The molecule has 1 heterocycles. The summed E-state index contributed by atoms with van der Waals surface area (Å²) in [6, 6.07) is 2.73. The lowest BCUT2D eigenvalue weighted by atomic mass is 9.96. The van der Waals surface area contributed by atoms with E-state index in [-0.39, 0.29) is 36.5 Å². The highest BCUT2D eigenvalue weighted by Gasteiger charge is 2.33. The van der Waals surface area contributed by atoms with Crippen LogP contribution in [0.15, 0.2) is 24.3 Å². The number of carbonyl (C=O) groups excluding carboxylic acids is 3. The van der Waals surface area contributed by atoms with Gasteiger partial charge < -0.3 is 37.2 Å². The molecule has 0 bridgehead atoms. The Balaban J connectivity index is 2.21. The van der Waals surface area contributed by atoms with Gasteiger partial charge in [0.1, 0.15) is 23.9 Å². The third-order valence-electron chi connectivity index (χ3n) is 6.74. The predicted molar refractivity (Wildman–Crippen MR) is 139 cm³/mol. The van der Waals surface area contributed by atoms with Crippen molar-refractivity contribution in [1.29, 1.82) is 0 Å². The largest absolute Gasteiger partial charge is 0.508 e. The van der Waals surface area contributed by atoms with Crippen LogP contribution in [0.1, 0.15) is 57.9 Å². The van der Waals surface area contributed by atoms with Gasteiger partial charge in [0.25, 0.3) is 0 Å². The molecule has 0 spiro atoms. The van der Waals surface area contributed by atoms with Gasteiger partial charge in [0.05, 0.1) is 6.04 Å². The van der Waals surface area contributed by atoms with Gasteiger partial charge in [-0.25, -0.2) is 4.79 Å². The number of carboxylic acid groups (broad SMARTS) is 1. The Labute approximate surface area is 217 Å². The SMILES string of the molecule is CC[C@H](C)[C@H](NC(=O)[C@@H]1CCCN1)C(=O)N[C@@H](Cc1ccc(O)cc1)C(=O)N[C@@H](CCCCN)C(=O)O. The van der Waals surface area contributed by atoms with Crippen LogP contribution in [0.3, 0.4) is 0 Å². The Kier molecular flexibility index (Phi) is 12.3. The van der Waals surface area contributed by atoms with Gasteiger partial charge in [0.15, 0.2) is 0 Å². The van der Waals surface area contributed by atoms with Gasteiger partial charge in [-0.15, -0.1) is 0 Å². The van der Waals surface area contributed by atoms with Gasteiger partial charge in [-0.05, 0) is 68.8 Å². The Bertz CT molecular complexity index is 903. The molecular formula is C26H41N5O6. The molecule has 206 valence electrons. The second-order valence-corrected chi connectivity index (χ2v) is 9.64. The fraction of sp³-hybridized carbons (Fsp3) is 0.615. The number of carboxylic acids is 1. The highest BCUT2D eigenvalue weighted by atomic mass is 16.4. The normalized spacial score (nSPS) is 18.3. The van der Waals surface area contributed by atoms with Gasteiger partial charge in [0, 0.05) is 6.42 Å². The number of nitrogens with one attached hydrogen (secondary N) is 4. The summed E-state index contributed by atoms with van der Waals surface area (Å²) in [6.45, 7) is 4.91. The molecule has 1 aromatic carbocycles. The van der Waals surface area contributed by atoms with Crippen molar-refractivity contribution in [2.75, 3.05) is 13.1 Å². The van der Waals surface area contributed by atoms with E-state index in [1.54, 1.807) is 12.1 Å². The Morgan fingerprint density at radius 2 is 1.73 bits per heavy atom. The van der Waals surface area contributed by atoms with Crippen LogP contribution >= 0.6 is 0 Å². The van der Waals surface area contributed by atoms with Crippen LogP contribution in [-0.2, 0) is 25.6 Å².